The van der Waals surface area contributed by atoms with E-state index in [1.54, 1.807) is 12.4 Å². The van der Waals surface area contributed by atoms with E-state index in [1.165, 1.54) is 11.3 Å². The highest BCUT2D eigenvalue weighted by Gasteiger charge is 2.28. The van der Waals surface area contributed by atoms with Crippen molar-refractivity contribution in [3.63, 3.8) is 0 Å². The summed E-state index contributed by atoms with van der Waals surface area (Å²) in [6.07, 6.45) is 5.40. The Morgan fingerprint density at radius 2 is 2.21 bits per heavy atom. The maximum absolute atomic E-state index is 13.0. The predicted octanol–water partition coefficient (Wildman–Crippen LogP) is 3.53. The van der Waals surface area contributed by atoms with Crippen molar-refractivity contribution in [2.24, 2.45) is 0 Å². The third kappa shape index (κ3) is 2.85. The molecule has 1 saturated heterocycles. The molecular formula is C16H16ClN5OS. The molecule has 8 heteroatoms. The smallest absolute Gasteiger partial charge is 0.257 e. The molecule has 1 amide bonds. The SMILES string of the molecule is O=C(c1cn[nH]c1-c1ccc(Cl)s1)N1CCCC(c2ccn[nH]2)C1. The van der Waals surface area contributed by atoms with Crippen molar-refractivity contribution >= 4 is 28.8 Å². The molecule has 3 aromatic rings. The molecule has 0 radical (unpaired) electrons. The number of rotatable bonds is 3. The van der Waals surface area contributed by atoms with E-state index in [2.05, 4.69) is 20.4 Å². The summed E-state index contributed by atoms with van der Waals surface area (Å²) in [7, 11) is 0. The highest BCUT2D eigenvalue weighted by molar-refractivity contribution is 7.19. The van der Waals surface area contributed by atoms with E-state index < -0.39 is 0 Å². The van der Waals surface area contributed by atoms with Crippen LogP contribution < -0.4 is 0 Å². The summed E-state index contributed by atoms with van der Waals surface area (Å²) in [5.74, 6) is 0.309. The molecular weight excluding hydrogens is 346 g/mol. The average molecular weight is 362 g/mol. The Kier molecular flexibility index (Phi) is 4.12. The number of amides is 1. The van der Waals surface area contributed by atoms with Gasteiger partial charge >= 0.3 is 0 Å². The van der Waals surface area contributed by atoms with Crippen molar-refractivity contribution in [2.75, 3.05) is 13.1 Å². The maximum atomic E-state index is 13.0. The normalized spacial score (nSPS) is 18.0. The zero-order chi connectivity index (χ0) is 16.5. The molecule has 4 rings (SSSR count). The fourth-order valence-electron chi connectivity index (χ4n) is 3.16. The van der Waals surface area contributed by atoms with Gasteiger partial charge in [0, 0.05) is 30.9 Å². The predicted molar refractivity (Wildman–Crippen MR) is 93.4 cm³/mol. The Balaban J connectivity index is 1.57. The monoisotopic (exact) mass is 361 g/mol. The zero-order valence-corrected chi connectivity index (χ0v) is 14.4. The molecule has 24 heavy (non-hydrogen) atoms. The Bertz CT molecular complexity index is 840. The number of carbonyl (C=O) groups is 1. The summed E-state index contributed by atoms with van der Waals surface area (Å²) >= 11 is 7.45. The molecule has 1 atom stereocenters. The lowest BCUT2D eigenvalue weighted by molar-refractivity contribution is 0.0706. The van der Waals surface area contributed by atoms with Gasteiger partial charge in [-0.3, -0.25) is 15.0 Å². The van der Waals surface area contributed by atoms with Gasteiger partial charge in [0.25, 0.3) is 5.91 Å². The Morgan fingerprint density at radius 3 is 2.96 bits per heavy atom. The van der Waals surface area contributed by atoms with Crippen LogP contribution >= 0.6 is 22.9 Å². The summed E-state index contributed by atoms with van der Waals surface area (Å²) < 4.78 is 0.690. The van der Waals surface area contributed by atoms with Crippen molar-refractivity contribution in [3.05, 3.63) is 46.2 Å². The van der Waals surface area contributed by atoms with Gasteiger partial charge in [-0.25, -0.2) is 0 Å². The van der Waals surface area contributed by atoms with Crippen LogP contribution in [-0.2, 0) is 0 Å². The lowest BCUT2D eigenvalue weighted by Crippen LogP contribution is -2.39. The van der Waals surface area contributed by atoms with Crippen LogP contribution in [0.2, 0.25) is 4.34 Å². The number of hydrogen-bond acceptors (Lipinski definition) is 4. The van der Waals surface area contributed by atoms with Crippen LogP contribution in [-0.4, -0.2) is 44.3 Å². The molecule has 0 saturated carbocycles. The van der Waals surface area contributed by atoms with Gasteiger partial charge in [0.15, 0.2) is 0 Å². The molecule has 1 aliphatic heterocycles. The standard InChI is InChI=1S/C16H16ClN5OS/c17-14-4-3-13(24-14)15-11(8-19-21-15)16(23)22-7-1-2-10(9-22)12-5-6-18-20-12/h3-6,8,10H,1-2,7,9H2,(H,18,20)(H,19,21). The first-order valence-electron chi connectivity index (χ1n) is 7.80. The summed E-state index contributed by atoms with van der Waals surface area (Å²) in [5.41, 5.74) is 2.42. The average Bonchev–Trinajstić information content (AvgIpc) is 3.35. The quantitative estimate of drug-likeness (QED) is 0.749. The molecule has 3 aromatic heterocycles. The van der Waals surface area contributed by atoms with E-state index >= 15 is 0 Å². The van der Waals surface area contributed by atoms with E-state index in [-0.39, 0.29) is 5.91 Å². The highest BCUT2D eigenvalue weighted by atomic mass is 35.5. The molecule has 0 aromatic carbocycles. The number of piperidine rings is 1. The third-order valence-electron chi connectivity index (χ3n) is 4.36. The molecule has 1 fully saturated rings. The van der Waals surface area contributed by atoms with Crippen molar-refractivity contribution in [2.45, 2.75) is 18.8 Å². The van der Waals surface area contributed by atoms with Gasteiger partial charge in [-0.05, 0) is 31.0 Å². The maximum Gasteiger partial charge on any atom is 0.257 e. The van der Waals surface area contributed by atoms with E-state index in [0.29, 0.717) is 22.4 Å². The van der Waals surface area contributed by atoms with E-state index in [4.69, 9.17) is 11.6 Å². The molecule has 0 bridgehead atoms. The highest BCUT2D eigenvalue weighted by Crippen LogP contribution is 2.33. The van der Waals surface area contributed by atoms with Crippen molar-refractivity contribution in [1.82, 2.24) is 25.3 Å². The van der Waals surface area contributed by atoms with Crippen molar-refractivity contribution < 1.29 is 4.79 Å². The number of aromatic amines is 2. The largest absolute Gasteiger partial charge is 0.338 e. The number of aromatic nitrogens is 4. The van der Waals surface area contributed by atoms with Gasteiger partial charge in [0.2, 0.25) is 0 Å². The lowest BCUT2D eigenvalue weighted by atomic mass is 9.94. The van der Waals surface area contributed by atoms with Gasteiger partial charge < -0.3 is 4.90 Å². The summed E-state index contributed by atoms with van der Waals surface area (Å²) in [5, 5.41) is 14.0. The van der Waals surface area contributed by atoms with Crippen LogP contribution in [0.5, 0.6) is 0 Å². The first kappa shape index (κ1) is 15.4. The Hall–Kier alpha value is -2.12. The number of nitrogens with zero attached hydrogens (tertiary/aromatic N) is 3. The minimum Gasteiger partial charge on any atom is -0.338 e. The second-order valence-electron chi connectivity index (χ2n) is 5.86. The van der Waals surface area contributed by atoms with Crippen LogP contribution in [0.25, 0.3) is 10.6 Å². The van der Waals surface area contributed by atoms with Gasteiger partial charge in [-0.2, -0.15) is 10.2 Å². The van der Waals surface area contributed by atoms with Crippen LogP contribution in [0.4, 0.5) is 0 Å². The molecule has 124 valence electrons. The fraction of sp³-hybridized carbons (Fsp3) is 0.312. The topological polar surface area (TPSA) is 77.7 Å². The van der Waals surface area contributed by atoms with Crippen molar-refractivity contribution in [3.8, 4) is 10.6 Å². The number of carbonyl (C=O) groups excluding carboxylic acids is 1. The third-order valence-corrected chi connectivity index (χ3v) is 5.61. The zero-order valence-electron chi connectivity index (χ0n) is 12.8. The molecule has 0 aliphatic carbocycles. The van der Waals surface area contributed by atoms with E-state index in [1.807, 2.05) is 23.1 Å². The molecule has 0 spiro atoms. The van der Waals surface area contributed by atoms with Crippen molar-refractivity contribution in [1.29, 1.82) is 0 Å². The number of H-pyrrole nitrogens is 2. The summed E-state index contributed by atoms with van der Waals surface area (Å²) in [6, 6.07) is 5.71. The second-order valence-corrected chi connectivity index (χ2v) is 7.58. The number of halogens is 1. The number of nitrogens with one attached hydrogen (secondary N) is 2. The molecule has 4 heterocycles. The van der Waals surface area contributed by atoms with Gasteiger partial charge in [-0.15, -0.1) is 11.3 Å². The molecule has 6 nitrogen and oxygen atoms in total. The Morgan fingerprint density at radius 1 is 1.29 bits per heavy atom. The number of thiophene rings is 1. The number of likely N-dealkylation sites (tertiary alicyclic amines) is 1. The van der Waals surface area contributed by atoms with Crippen LogP contribution in [0, 0.1) is 0 Å². The minimum absolute atomic E-state index is 0.00693. The first-order valence-corrected chi connectivity index (χ1v) is 8.99. The molecule has 1 unspecified atom stereocenters. The molecule has 1 aliphatic rings. The second kappa shape index (κ2) is 6.41. The van der Waals surface area contributed by atoms with Gasteiger partial charge in [0.05, 0.1) is 26.7 Å². The first-order chi connectivity index (χ1) is 11.7. The van der Waals surface area contributed by atoms with Crippen LogP contribution in [0.3, 0.4) is 0 Å². The van der Waals surface area contributed by atoms with Gasteiger partial charge in [0.1, 0.15) is 0 Å². The van der Waals surface area contributed by atoms with E-state index in [9.17, 15) is 4.79 Å². The minimum atomic E-state index is 0.00693. The van der Waals surface area contributed by atoms with Crippen LogP contribution in [0.15, 0.2) is 30.6 Å². The van der Waals surface area contributed by atoms with Gasteiger partial charge in [-0.1, -0.05) is 11.6 Å². The number of hydrogen-bond donors (Lipinski definition) is 2. The fourth-order valence-corrected chi connectivity index (χ4v) is 4.22. The van der Waals surface area contributed by atoms with Crippen LogP contribution in [0.1, 0.15) is 34.8 Å². The van der Waals surface area contributed by atoms with E-state index in [0.717, 1.165) is 35.7 Å². The lowest BCUT2D eigenvalue weighted by Gasteiger charge is -2.32. The summed E-state index contributed by atoms with van der Waals surface area (Å²) in [6.45, 7) is 1.45. The summed E-state index contributed by atoms with van der Waals surface area (Å²) in [4.78, 5) is 15.8. The Labute approximate surface area is 147 Å². The molecule has 2 N–H and O–H groups in total.